The van der Waals surface area contributed by atoms with Gasteiger partial charge in [-0.1, -0.05) is 18.2 Å². The van der Waals surface area contributed by atoms with Gasteiger partial charge in [-0.15, -0.1) is 0 Å². The summed E-state index contributed by atoms with van der Waals surface area (Å²) in [6.07, 6.45) is 5.27. The molecule has 2 rings (SSSR count). The molecule has 0 spiro atoms. The molecule has 0 nitrogen and oxygen atoms in total. The maximum atomic E-state index is 4.34. The van der Waals surface area contributed by atoms with Gasteiger partial charge in [0.1, 0.15) is 0 Å². The van der Waals surface area contributed by atoms with Gasteiger partial charge in [0.05, 0.1) is 0 Å². The predicted molar refractivity (Wildman–Crippen MR) is 55.8 cm³/mol. The third kappa shape index (κ3) is 1.38. The van der Waals surface area contributed by atoms with E-state index >= 15 is 0 Å². The minimum atomic E-state index is 0.892. The van der Waals surface area contributed by atoms with Crippen molar-refractivity contribution in [2.45, 2.75) is 31.4 Å². The van der Waals surface area contributed by atoms with Crippen LogP contribution in [0.1, 0.15) is 29.5 Å². The summed E-state index contributed by atoms with van der Waals surface area (Å²) < 4.78 is 0. The van der Waals surface area contributed by atoms with Crippen LogP contribution in [0, 0.1) is 0 Å². The van der Waals surface area contributed by atoms with Gasteiger partial charge >= 0.3 is 0 Å². The van der Waals surface area contributed by atoms with E-state index in [4.69, 9.17) is 0 Å². The third-order valence-corrected chi connectivity index (χ3v) is 3.00. The van der Waals surface area contributed by atoms with Crippen molar-refractivity contribution in [3.63, 3.8) is 0 Å². The van der Waals surface area contributed by atoms with Gasteiger partial charge < -0.3 is 0 Å². The van der Waals surface area contributed by atoms with E-state index in [0.717, 1.165) is 5.75 Å². The van der Waals surface area contributed by atoms with E-state index in [2.05, 4.69) is 30.8 Å². The maximum Gasteiger partial charge on any atom is 0.0157 e. The average molecular weight is 178 g/mol. The maximum absolute atomic E-state index is 4.34. The SMILES string of the molecule is SCc1cccc2c1CCCC2. The van der Waals surface area contributed by atoms with E-state index in [-0.39, 0.29) is 0 Å². The lowest BCUT2D eigenvalue weighted by atomic mass is 9.89. The number of hydrogen-bond donors (Lipinski definition) is 1. The highest BCUT2D eigenvalue weighted by Crippen LogP contribution is 2.25. The van der Waals surface area contributed by atoms with Crippen molar-refractivity contribution < 1.29 is 0 Å². The van der Waals surface area contributed by atoms with Gasteiger partial charge in [0, 0.05) is 5.75 Å². The fourth-order valence-corrected chi connectivity index (χ4v) is 2.30. The van der Waals surface area contributed by atoms with Gasteiger partial charge in [-0.05, 0) is 42.4 Å². The molecular weight excluding hydrogens is 164 g/mol. The molecule has 0 heterocycles. The first kappa shape index (κ1) is 8.18. The molecule has 64 valence electrons. The van der Waals surface area contributed by atoms with Crippen molar-refractivity contribution in [3.05, 3.63) is 34.9 Å². The van der Waals surface area contributed by atoms with E-state index in [1.807, 2.05) is 0 Å². The van der Waals surface area contributed by atoms with Crippen LogP contribution in [0.5, 0.6) is 0 Å². The van der Waals surface area contributed by atoms with Crippen molar-refractivity contribution in [1.29, 1.82) is 0 Å². The fourth-order valence-electron chi connectivity index (χ4n) is 2.01. The molecule has 0 aliphatic heterocycles. The Kier molecular flexibility index (Phi) is 2.40. The molecule has 0 bridgehead atoms. The lowest BCUT2D eigenvalue weighted by molar-refractivity contribution is 0.681. The largest absolute Gasteiger partial charge is 0.175 e. The highest BCUT2D eigenvalue weighted by molar-refractivity contribution is 7.79. The van der Waals surface area contributed by atoms with Crippen LogP contribution >= 0.6 is 12.6 Å². The molecule has 0 N–H and O–H groups in total. The first-order valence-corrected chi connectivity index (χ1v) is 5.25. The quantitative estimate of drug-likeness (QED) is 0.628. The molecule has 0 aromatic heterocycles. The second-order valence-corrected chi connectivity index (χ2v) is 3.74. The monoisotopic (exact) mass is 178 g/mol. The highest BCUT2D eigenvalue weighted by Gasteiger charge is 2.11. The normalized spacial score (nSPS) is 15.8. The first-order valence-electron chi connectivity index (χ1n) is 4.62. The molecule has 0 radical (unpaired) electrons. The molecule has 0 amide bonds. The molecule has 1 aromatic rings. The Bertz CT molecular complexity index is 264. The van der Waals surface area contributed by atoms with E-state index in [0.29, 0.717) is 0 Å². The van der Waals surface area contributed by atoms with E-state index in [9.17, 15) is 0 Å². The van der Waals surface area contributed by atoms with Crippen molar-refractivity contribution in [2.75, 3.05) is 0 Å². The summed E-state index contributed by atoms with van der Waals surface area (Å²) in [5.74, 6) is 0.892. The van der Waals surface area contributed by atoms with E-state index in [1.165, 1.54) is 31.2 Å². The second kappa shape index (κ2) is 3.53. The Morgan fingerprint density at radius 2 is 2.00 bits per heavy atom. The Labute approximate surface area is 79.4 Å². The first-order chi connectivity index (χ1) is 5.92. The van der Waals surface area contributed by atoms with Crippen LogP contribution < -0.4 is 0 Å². The fraction of sp³-hybridized carbons (Fsp3) is 0.455. The Hall–Kier alpha value is -0.430. The molecular formula is C11H14S. The van der Waals surface area contributed by atoms with Gasteiger partial charge in [0.2, 0.25) is 0 Å². The van der Waals surface area contributed by atoms with Crippen LogP contribution in [0.15, 0.2) is 18.2 Å². The van der Waals surface area contributed by atoms with Crippen LogP contribution in [-0.4, -0.2) is 0 Å². The summed E-state index contributed by atoms with van der Waals surface area (Å²) in [5, 5.41) is 0. The number of hydrogen-bond acceptors (Lipinski definition) is 1. The Balaban J connectivity index is 2.44. The molecule has 1 aromatic carbocycles. The lowest BCUT2D eigenvalue weighted by Gasteiger charge is -2.18. The van der Waals surface area contributed by atoms with Crippen molar-refractivity contribution in [1.82, 2.24) is 0 Å². The minimum absolute atomic E-state index is 0.892. The molecule has 1 heteroatoms. The Morgan fingerprint density at radius 3 is 2.83 bits per heavy atom. The molecule has 0 atom stereocenters. The predicted octanol–water partition coefficient (Wildman–Crippen LogP) is 3.00. The number of aryl methyl sites for hydroxylation is 1. The third-order valence-electron chi connectivity index (χ3n) is 2.66. The molecule has 12 heavy (non-hydrogen) atoms. The minimum Gasteiger partial charge on any atom is -0.175 e. The zero-order valence-electron chi connectivity index (χ0n) is 7.21. The summed E-state index contributed by atoms with van der Waals surface area (Å²) in [5.41, 5.74) is 4.59. The number of thiol groups is 1. The smallest absolute Gasteiger partial charge is 0.0157 e. The molecule has 0 saturated carbocycles. The van der Waals surface area contributed by atoms with Gasteiger partial charge in [-0.3, -0.25) is 0 Å². The van der Waals surface area contributed by atoms with Crippen molar-refractivity contribution >= 4 is 12.6 Å². The molecule has 1 aliphatic rings. The van der Waals surface area contributed by atoms with Crippen molar-refractivity contribution in [3.8, 4) is 0 Å². The zero-order chi connectivity index (χ0) is 8.39. The summed E-state index contributed by atoms with van der Waals surface area (Å²) in [7, 11) is 0. The van der Waals surface area contributed by atoms with Gasteiger partial charge in [0.15, 0.2) is 0 Å². The number of rotatable bonds is 1. The summed E-state index contributed by atoms with van der Waals surface area (Å²) >= 11 is 4.34. The topological polar surface area (TPSA) is 0 Å². The van der Waals surface area contributed by atoms with Crippen molar-refractivity contribution in [2.24, 2.45) is 0 Å². The van der Waals surface area contributed by atoms with Crippen LogP contribution in [0.25, 0.3) is 0 Å². The highest BCUT2D eigenvalue weighted by atomic mass is 32.1. The zero-order valence-corrected chi connectivity index (χ0v) is 8.11. The summed E-state index contributed by atoms with van der Waals surface area (Å²) in [6.45, 7) is 0. The van der Waals surface area contributed by atoms with Gasteiger partial charge in [-0.25, -0.2) is 0 Å². The van der Waals surface area contributed by atoms with Crippen LogP contribution in [0.4, 0.5) is 0 Å². The summed E-state index contributed by atoms with van der Waals surface area (Å²) in [4.78, 5) is 0. The van der Waals surface area contributed by atoms with Gasteiger partial charge in [-0.2, -0.15) is 12.6 Å². The van der Waals surface area contributed by atoms with Gasteiger partial charge in [0.25, 0.3) is 0 Å². The van der Waals surface area contributed by atoms with Crippen LogP contribution in [0.3, 0.4) is 0 Å². The lowest BCUT2D eigenvalue weighted by Crippen LogP contribution is -2.05. The second-order valence-electron chi connectivity index (χ2n) is 3.42. The van der Waals surface area contributed by atoms with E-state index in [1.54, 1.807) is 11.1 Å². The standard InChI is InChI=1S/C11H14S/c12-8-10-6-3-5-9-4-1-2-7-11(9)10/h3,5-6,12H,1-2,4,7-8H2. The molecule has 0 fully saturated rings. The van der Waals surface area contributed by atoms with Crippen LogP contribution in [-0.2, 0) is 18.6 Å². The molecule has 1 aliphatic carbocycles. The molecule has 0 saturated heterocycles. The Morgan fingerprint density at radius 1 is 1.17 bits per heavy atom. The number of benzene rings is 1. The molecule has 0 unspecified atom stereocenters. The average Bonchev–Trinajstić information content (AvgIpc) is 2.17. The van der Waals surface area contributed by atoms with Crippen LogP contribution in [0.2, 0.25) is 0 Å². The van der Waals surface area contributed by atoms with E-state index < -0.39 is 0 Å². The summed E-state index contributed by atoms with van der Waals surface area (Å²) in [6, 6.07) is 6.63. The number of fused-ring (bicyclic) bond motifs is 1.